The van der Waals surface area contributed by atoms with Crippen molar-refractivity contribution in [1.82, 2.24) is 16.0 Å². The van der Waals surface area contributed by atoms with E-state index in [1.165, 1.54) is 18.7 Å². The van der Waals surface area contributed by atoms with Crippen molar-refractivity contribution in [2.24, 2.45) is 11.7 Å². The number of carbonyl (C=O) groups is 4. The van der Waals surface area contributed by atoms with E-state index in [4.69, 9.17) is 10.8 Å². The summed E-state index contributed by atoms with van der Waals surface area (Å²) < 4.78 is 0. The van der Waals surface area contributed by atoms with Crippen molar-refractivity contribution in [2.45, 2.75) is 57.8 Å². The fourth-order valence-electron chi connectivity index (χ4n) is 2.29. The number of hydrogen-bond acceptors (Lipinski definition) is 7. The smallest absolute Gasteiger partial charge is 0.322 e. The highest BCUT2D eigenvalue weighted by atomic mass is 32.2. The van der Waals surface area contributed by atoms with E-state index in [0.717, 1.165) is 0 Å². The third-order valence-electron chi connectivity index (χ3n) is 3.79. The number of thioether (sulfide) groups is 1. The number of aliphatic carboxylic acids is 1. The molecular weight excluding hydrogens is 388 g/mol. The molecule has 4 unspecified atom stereocenters. The molecule has 10 nitrogen and oxygen atoms in total. The van der Waals surface area contributed by atoms with Gasteiger partial charge < -0.3 is 31.9 Å². The second-order valence-electron chi connectivity index (χ2n) is 6.92. The van der Waals surface area contributed by atoms with E-state index in [1.807, 2.05) is 20.1 Å². The lowest BCUT2D eigenvalue weighted by atomic mass is 10.0. The van der Waals surface area contributed by atoms with Gasteiger partial charge in [-0.25, -0.2) is 0 Å². The van der Waals surface area contributed by atoms with Crippen molar-refractivity contribution < 1.29 is 29.4 Å². The predicted octanol–water partition coefficient (Wildman–Crippen LogP) is -1.34. The van der Waals surface area contributed by atoms with E-state index >= 15 is 0 Å². The number of aliphatic hydroxyl groups excluding tert-OH is 1. The number of carboxylic acids is 1. The summed E-state index contributed by atoms with van der Waals surface area (Å²) in [5.41, 5.74) is 5.78. The molecule has 0 saturated heterocycles. The largest absolute Gasteiger partial charge is 0.480 e. The summed E-state index contributed by atoms with van der Waals surface area (Å²) in [4.78, 5) is 47.6. The Hall–Kier alpha value is -1.85. The highest BCUT2D eigenvalue weighted by molar-refractivity contribution is 7.98. The van der Waals surface area contributed by atoms with Crippen molar-refractivity contribution in [2.75, 3.05) is 18.6 Å². The van der Waals surface area contributed by atoms with E-state index in [1.54, 1.807) is 0 Å². The molecule has 0 heterocycles. The monoisotopic (exact) mass is 420 g/mol. The van der Waals surface area contributed by atoms with Crippen LogP contribution in [0.5, 0.6) is 0 Å². The van der Waals surface area contributed by atoms with Gasteiger partial charge in [0.2, 0.25) is 17.7 Å². The van der Waals surface area contributed by atoms with Crippen LogP contribution in [0.1, 0.15) is 33.6 Å². The minimum Gasteiger partial charge on any atom is -0.480 e. The first-order chi connectivity index (χ1) is 13.0. The van der Waals surface area contributed by atoms with Gasteiger partial charge in [0.05, 0.1) is 12.1 Å². The van der Waals surface area contributed by atoms with E-state index < -0.39 is 54.5 Å². The third kappa shape index (κ3) is 10.5. The highest BCUT2D eigenvalue weighted by Crippen LogP contribution is 2.07. The molecule has 0 fully saturated rings. The lowest BCUT2D eigenvalue weighted by Gasteiger charge is -2.26. The summed E-state index contributed by atoms with van der Waals surface area (Å²) in [6, 6.07) is -3.13. The van der Waals surface area contributed by atoms with Crippen LogP contribution in [0.3, 0.4) is 0 Å². The van der Waals surface area contributed by atoms with Crippen LogP contribution in [0.4, 0.5) is 0 Å². The van der Waals surface area contributed by atoms with E-state index in [2.05, 4.69) is 16.0 Å². The molecule has 0 bridgehead atoms. The Morgan fingerprint density at radius 3 is 2.11 bits per heavy atom. The Morgan fingerprint density at radius 2 is 1.64 bits per heavy atom. The van der Waals surface area contributed by atoms with Crippen molar-refractivity contribution in [3.05, 3.63) is 0 Å². The maximum atomic E-state index is 12.6. The van der Waals surface area contributed by atoms with Gasteiger partial charge in [-0.3, -0.25) is 19.2 Å². The average molecular weight is 421 g/mol. The molecule has 7 N–H and O–H groups in total. The van der Waals surface area contributed by atoms with Gasteiger partial charge in [0.15, 0.2) is 0 Å². The average Bonchev–Trinajstić information content (AvgIpc) is 2.60. The number of nitrogens with one attached hydrogen (secondary N) is 3. The first kappa shape index (κ1) is 26.1. The molecule has 0 aromatic heterocycles. The molecule has 0 aromatic rings. The fraction of sp³-hybridized carbons (Fsp3) is 0.765. The zero-order chi connectivity index (χ0) is 21.9. The van der Waals surface area contributed by atoms with Crippen molar-refractivity contribution in [3.8, 4) is 0 Å². The molecule has 0 aromatic carbocycles. The van der Waals surface area contributed by atoms with Crippen molar-refractivity contribution in [1.29, 1.82) is 0 Å². The number of carbonyl (C=O) groups excluding carboxylic acids is 3. The molecule has 0 aliphatic carbocycles. The Morgan fingerprint density at radius 1 is 1.04 bits per heavy atom. The summed E-state index contributed by atoms with van der Waals surface area (Å²) in [5, 5.41) is 25.7. The number of nitrogens with two attached hydrogens (primary N) is 1. The second kappa shape index (κ2) is 13.3. The molecule has 4 atom stereocenters. The molecule has 0 radical (unpaired) electrons. The molecule has 28 heavy (non-hydrogen) atoms. The van der Waals surface area contributed by atoms with Gasteiger partial charge >= 0.3 is 5.97 Å². The molecule has 162 valence electrons. The van der Waals surface area contributed by atoms with E-state index in [0.29, 0.717) is 12.2 Å². The summed E-state index contributed by atoms with van der Waals surface area (Å²) in [6.45, 7) is 4.43. The molecule has 0 saturated carbocycles. The molecule has 0 aliphatic rings. The maximum absolute atomic E-state index is 12.6. The Balaban J connectivity index is 5.10. The first-order valence-electron chi connectivity index (χ1n) is 9.02. The van der Waals surface area contributed by atoms with Crippen molar-refractivity contribution in [3.63, 3.8) is 0 Å². The summed E-state index contributed by atoms with van der Waals surface area (Å²) in [6.07, 6.45) is 1.32. The molecule has 0 rings (SSSR count). The number of hydrogen-bond donors (Lipinski definition) is 6. The van der Waals surface area contributed by atoms with Gasteiger partial charge in [-0.2, -0.15) is 11.8 Å². The Bertz CT molecular complexity index is 544. The van der Waals surface area contributed by atoms with E-state index in [-0.39, 0.29) is 12.3 Å². The quantitative estimate of drug-likeness (QED) is 0.213. The van der Waals surface area contributed by atoms with Gasteiger partial charge in [-0.1, -0.05) is 13.8 Å². The van der Waals surface area contributed by atoms with Crippen LogP contribution in [0, 0.1) is 5.92 Å². The second-order valence-corrected chi connectivity index (χ2v) is 7.90. The van der Waals surface area contributed by atoms with Crippen LogP contribution in [0.2, 0.25) is 0 Å². The maximum Gasteiger partial charge on any atom is 0.322 e. The fourth-order valence-corrected chi connectivity index (χ4v) is 2.78. The van der Waals surface area contributed by atoms with Gasteiger partial charge in [0.1, 0.15) is 18.6 Å². The summed E-state index contributed by atoms with van der Waals surface area (Å²) in [7, 11) is 0. The molecule has 0 aliphatic heterocycles. The molecule has 3 amide bonds. The third-order valence-corrected chi connectivity index (χ3v) is 4.43. The van der Waals surface area contributed by atoms with Crippen LogP contribution in [0.15, 0.2) is 0 Å². The summed E-state index contributed by atoms with van der Waals surface area (Å²) in [5.74, 6) is -2.50. The molecular formula is C17H32N4O6S. The summed E-state index contributed by atoms with van der Waals surface area (Å²) >= 11 is 1.53. The van der Waals surface area contributed by atoms with Gasteiger partial charge in [0, 0.05) is 0 Å². The van der Waals surface area contributed by atoms with Gasteiger partial charge in [-0.05, 0) is 37.7 Å². The van der Waals surface area contributed by atoms with Crippen LogP contribution < -0.4 is 21.7 Å². The minimum absolute atomic E-state index is 0.0282. The van der Waals surface area contributed by atoms with Crippen LogP contribution in [-0.2, 0) is 19.2 Å². The molecule has 0 spiro atoms. The van der Waals surface area contributed by atoms with Gasteiger partial charge in [-0.15, -0.1) is 0 Å². The van der Waals surface area contributed by atoms with Crippen LogP contribution >= 0.6 is 11.8 Å². The first-order valence-corrected chi connectivity index (χ1v) is 10.4. The van der Waals surface area contributed by atoms with E-state index in [9.17, 15) is 24.3 Å². The highest BCUT2D eigenvalue weighted by Gasteiger charge is 2.31. The number of amides is 3. The van der Waals surface area contributed by atoms with Crippen molar-refractivity contribution >= 4 is 35.5 Å². The van der Waals surface area contributed by atoms with Crippen LogP contribution in [0.25, 0.3) is 0 Å². The van der Waals surface area contributed by atoms with Crippen LogP contribution in [-0.4, -0.2) is 76.7 Å². The topological polar surface area (TPSA) is 171 Å². The minimum atomic E-state index is -1.30. The zero-order valence-corrected chi connectivity index (χ0v) is 17.5. The zero-order valence-electron chi connectivity index (χ0n) is 16.7. The predicted molar refractivity (Wildman–Crippen MR) is 107 cm³/mol. The lowest BCUT2D eigenvalue weighted by molar-refractivity contribution is -0.139. The Labute approximate surface area is 169 Å². The van der Waals surface area contributed by atoms with Gasteiger partial charge in [0.25, 0.3) is 0 Å². The normalized spacial score (nSPS) is 15.2. The number of rotatable bonds is 13. The molecule has 11 heteroatoms. The lowest BCUT2D eigenvalue weighted by Crippen LogP contribution is -2.59. The standard InChI is InChI=1S/C17H32N4O6S/c1-9(2)7-12(16(26)19-8-13(23)24)20-17(27)14(10(3)22)21-15(25)11(18)5-6-28-4/h9-12,14,22H,5-8,18H2,1-4H3,(H,19,26)(H,20,27)(H,21,25)(H,23,24). The number of carboxylic acid groups (broad SMARTS) is 1. The SMILES string of the molecule is CSCCC(N)C(=O)NC(C(=O)NC(CC(C)C)C(=O)NCC(=O)O)C(C)O. The Kier molecular flexibility index (Phi) is 12.5. The number of aliphatic hydroxyl groups is 1.